The SMILES string of the molecule is CCOCC.[N-]=C=O. The second-order valence-corrected chi connectivity index (χ2v) is 0.873. The minimum Gasteiger partial charge on any atom is -0.724 e. The fourth-order valence-electron chi connectivity index (χ4n) is 0.204. The van der Waals surface area contributed by atoms with Gasteiger partial charge in [0, 0.05) is 13.2 Å². The molecule has 0 aromatic carbocycles. The highest BCUT2D eigenvalue weighted by Crippen LogP contribution is 1.64. The number of rotatable bonds is 2. The molecule has 0 unspecified atom stereocenters. The summed E-state index contributed by atoms with van der Waals surface area (Å²) in [6.07, 6.45) is 0.500. The van der Waals surface area contributed by atoms with Crippen LogP contribution in [-0.4, -0.2) is 19.3 Å². The van der Waals surface area contributed by atoms with E-state index in [1.807, 2.05) is 13.8 Å². The fourth-order valence-corrected chi connectivity index (χ4v) is 0.204. The summed E-state index contributed by atoms with van der Waals surface area (Å²) in [5, 5.41) is 6.76. The van der Waals surface area contributed by atoms with Crippen molar-refractivity contribution >= 4 is 6.08 Å². The molecule has 0 aromatic rings. The molecule has 48 valence electrons. The highest BCUT2D eigenvalue weighted by molar-refractivity contribution is 5.36. The highest BCUT2D eigenvalue weighted by atomic mass is 16.5. The molecule has 0 radical (unpaired) electrons. The highest BCUT2D eigenvalue weighted by Gasteiger charge is 1.64. The number of ether oxygens (including phenoxy) is 1. The monoisotopic (exact) mass is 116 g/mol. The molecule has 0 aliphatic rings. The van der Waals surface area contributed by atoms with Crippen LogP contribution in [0.3, 0.4) is 0 Å². The fraction of sp³-hybridized carbons (Fsp3) is 0.800. The summed E-state index contributed by atoms with van der Waals surface area (Å²) in [5.74, 6) is 0. The molecular weight excluding hydrogens is 106 g/mol. The molecule has 0 fully saturated rings. The molecule has 0 aliphatic carbocycles. The van der Waals surface area contributed by atoms with Gasteiger partial charge < -0.3 is 10.1 Å². The second kappa shape index (κ2) is 16.2. The number of hydrogen-bond donors (Lipinski definition) is 0. The molecule has 3 heteroatoms. The molecule has 3 nitrogen and oxygen atoms in total. The van der Waals surface area contributed by atoms with E-state index in [-0.39, 0.29) is 0 Å². The maximum Gasteiger partial charge on any atom is 0.0437 e. The van der Waals surface area contributed by atoms with Crippen molar-refractivity contribution in [1.29, 1.82) is 0 Å². The summed E-state index contributed by atoms with van der Waals surface area (Å²) in [6, 6.07) is 0. The van der Waals surface area contributed by atoms with Gasteiger partial charge in [0.2, 0.25) is 0 Å². The second-order valence-electron chi connectivity index (χ2n) is 0.873. The predicted molar refractivity (Wildman–Crippen MR) is 31.2 cm³/mol. The van der Waals surface area contributed by atoms with Crippen LogP contribution in [0, 0.1) is 0 Å². The smallest absolute Gasteiger partial charge is 0.0437 e. The Balaban J connectivity index is 0. The van der Waals surface area contributed by atoms with E-state index in [1.165, 1.54) is 0 Å². The van der Waals surface area contributed by atoms with E-state index in [2.05, 4.69) is 0 Å². The summed E-state index contributed by atoms with van der Waals surface area (Å²) >= 11 is 0. The van der Waals surface area contributed by atoms with Crippen LogP contribution in [0.15, 0.2) is 0 Å². The van der Waals surface area contributed by atoms with Crippen molar-refractivity contribution in [3.05, 3.63) is 5.41 Å². The van der Waals surface area contributed by atoms with Crippen LogP contribution in [0.2, 0.25) is 0 Å². The molecule has 0 aromatic heterocycles. The van der Waals surface area contributed by atoms with E-state index in [4.69, 9.17) is 14.9 Å². The number of isocyanates is 1. The zero-order chi connectivity index (χ0) is 6.83. The lowest BCUT2D eigenvalue weighted by molar-refractivity contribution is 0.162. The van der Waals surface area contributed by atoms with Gasteiger partial charge in [-0.2, -0.15) is 0 Å². The summed E-state index contributed by atoms with van der Waals surface area (Å²) in [6.45, 7) is 5.67. The molecule has 0 atom stereocenters. The van der Waals surface area contributed by atoms with Crippen molar-refractivity contribution in [1.82, 2.24) is 0 Å². The summed E-state index contributed by atoms with van der Waals surface area (Å²) < 4.78 is 4.83. The van der Waals surface area contributed by atoms with Gasteiger partial charge in [-0.1, -0.05) is 0 Å². The van der Waals surface area contributed by atoms with Gasteiger partial charge in [0.15, 0.2) is 0 Å². The Morgan fingerprint density at radius 2 is 1.75 bits per heavy atom. The summed E-state index contributed by atoms with van der Waals surface area (Å²) in [4.78, 5) is 8.24. The molecule has 0 saturated heterocycles. The van der Waals surface area contributed by atoms with Crippen molar-refractivity contribution in [2.75, 3.05) is 13.2 Å². The summed E-state index contributed by atoms with van der Waals surface area (Å²) in [7, 11) is 0. The Labute approximate surface area is 49.2 Å². The normalized spacial score (nSPS) is 6.25. The lowest BCUT2D eigenvalue weighted by atomic mass is 10.8. The quantitative estimate of drug-likeness (QED) is 0.398. The molecule has 0 saturated carbocycles. The first-order valence-corrected chi connectivity index (χ1v) is 2.42. The topological polar surface area (TPSA) is 48.6 Å². The molecule has 0 aliphatic heterocycles. The Kier molecular flexibility index (Phi) is 21.0. The van der Waals surface area contributed by atoms with Gasteiger partial charge in [0.1, 0.15) is 0 Å². The largest absolute Gasteiger partial charge is 0.724 e. The Hall–Kier alpha value is -0.660. The van der Waals surface area contributed by atoms with Crippen LogP contribution in [0.25, 0.3) is 5.41 Å². The average Bonchev–Trinajstić information content (AvgIpc) is 1.71. The van der Waals surface area contributed by atoms with Crippen molar-refractivity contribution in [2.45, 2.75) is 13.8 Å². The van der Waals surface area contributed by atoms with Crippen molar-refractivity contribution in [3.8, 4) is 0 Å². The van der Waals surface area contributed by atoms with Crippen LogP contribution in [0.4, 0.5) is 0 Å². The number of nitrogens with zero attached hydrogens (tertiary/aromatic N) is 1. The third-order valence-corrected chi connectivity index (χ3v) is 0.408. The third kappa shape index (κ3) is 56.0. The van der Waals surface area contributed by atoms with Gasteiger partial charge in [0.25, 0.3) is 0 Å². The molecule has 0 rings (SSSR count). The zero-order valence-electron chi connectivity index (χ0n) is 5.18. The van der Waals surface area contributed by atoms with E-state index in [0.717, 1.165) is 13.2 Å². The third-order valence-electron chi connectivity index (χ3n) is 0.408. The number of hydrogen-bond acceptors (Lipinski definition) is 2. The summed E-state index contributed by atoms with van der Waals surface area (Å²) in [5.41, 5.74) is 0. The van der Waals surface area contributed by atoms with E-state index >= 15 is 0 Å². The van der Waals surface area contributed by atoms with Gasteiger partial charge in [0.05, 0.1) is 0 Å². The maximum atomic E-state index is 8.24. The molecule has 0 N–H and O–H groups in total. The Morgan fingerprint density at radius 1 is 1.50 bits per heavy atom. The van der Waals surface area contributed by atoms with Gasteiger partial charge in [-0.3, -0.25) is 4.79 Å². The van der Waals surface area contributed by atoms with Gasteiger partial charge in [-0.05, 0) is 19.9 Å². The first-order chi connectivity index (χ1) is 3.83. The van der Waals surface area contributed by atoms with Crippen molar-refractivity contribution in [2.24, 2.45) is 0 Å². The molecular formula is C5H10NO2-. The first kappa shape index (κ1) is 10.3. The first-order valence-electron chi connectivity index (χ1n) is 2.42. The van der Waals surface area contributed by atoms with Crippen LogP contribution in [0.1, 0.15) is 13.8 Å². The molecule has 0 amide bonds. The Bertz CT molecular complexity index is 55.4. The number of carbonyl (C=O) groups excluding carboxylic acids is 1. The maximum absolute atomic E-state index is 8.24. The lowest BCUT2D eigenvalue weighted by Gasteiger charge is -1.86. The van der Waals surface area contributed by atoms with Crippen LogP contribution in [0.5, 0.6) is 0 Å². The van der Waals surface area contributed by atoms with E-state index < -0.39 is 0 Å². The van der Waals surface area contributed by atoms with Crippen LogP contribution >= 0.6 is 0 Å². The minimum absolute atomic E-state index is 0.500. The van der Waals surface area contributed by atoms with Crippen molar-refractivity contribution < 1.29 is 9.53 Å². The van der Waals surface area contributed by atoms with Gasteiger partial charge >= 0.3 is 0 Å². The molecule has 0 bridgehead atoms. The molecule has 8 heavy (non-hydrogen) atoms. The lowest BCUT2D eigenvalue weighted by Crippen LogP contribution is -1.84. The predicted octanol–water partition coefficient (Wildman–Crippen LogP) is 0.934. The van der Waals surface area contributed by atoms with E-state index in [9.17, 15) is 0 Å². The van der Waals surface area contributed by atoms with E-state index in [0.29, 0.717) is 6.08 Å². The van der Waals surface area contributed by atoms with Gasteiger partial charge in [-0.25, -0.2) is 0 Å². The van der Waals surface area contributed by atoms with Gasteiger partial charge in [-0.15, -0.1) is 0 Å². The average molecular weight is 116 g/mol. The molecule has 0 heterocycles. The molecule has 0 spiro atoms. The zero-order valence-corrected chi connectivity index (χ0v) is 5.18. The van der Waals surface area contributed by atoms with Crippen molar-refractivity contribution in [3.63, 3.8) is 0 Å². The van der Waals surface area contributed by atoms with Crippen LogP contribution < -0.4 is 0 Å². The van der Waals surface area contributed by atoms with Crippen LogP contribution in [-0.2, 0) is 9.53 Å². The standard InChI is InChI=1S/C4H10O.CNO/c1-3-5-4-2;2-1-3/h3-4H2,1-2H3;/q;-1. The minimum atomic E-state index is 0.500. The Morgan fingerprint density at radius 3 is 1.75 bits per heavy atom. The van der Waals surface area contributed by atoms with E-state index in [1.54, 1.807) is 0 Å².